The Morgan fingerprint density at radius 2 is 1.84 bits per heavy atom. The SMILES string of the molecule is Nc1cncc(-c2ccc(S(=O)(=O)C3CNC3)c(S(N)(=O)=O)c2-c2nn[nH]n2)c1.OI. The van der Waals surface area contributed by atoms with Crippen LogP contribution in [0.2, 0.25) is 0 Å². The van der Waals surface area contributed by atoms with E-state index in [1.807, 2.05) is 0 Å². The highest BCUT2D eigenvalue weighted by Gasteiger charge is 2.38. The molecule has 4 rings (SSSR count). The number of hydrogen-bond donors (Lipinski definition) is 5. The lowest BCUT2D eigenvalue weighted by Gasteiger charge is -2.28. The summed E-state index contributed by atoms with van der Waals surface area (Å²) in [6.45, 7) is 0.426. The van der Waals surface area contributed by atoms with E-state index in [0.29, 0.717) is 16.8 Å². The first-order valence-corrected chi connectivity index (χ1v) is 12.5. The number of tetrazole rings is 1. The van der Waals surface area contributed by atoms with Crippen LogP contribution in [0.1, 0.15) is 0 Å². The number of anilines is 1. The Morgan fingerprint density at radius 3 is 2.35 bits per heavy atom. The summed E-state index contributed by atoms with van der Waals surface area (Å²) in [6, 6.07) is 4.23. The van der Waals surface area contributed by atoms with Gasteiger partial charge in [0.15, 0.2) is 9.84 Å². The van der Waals surface area contributed by atoms with Crippen LogP contribution in [-0.2, 0) is 19.9 Å². The normalized spacial score (nSPS) is 14.4. The Labute approximate surface area is 191 Å². The van der Waals surface area contributed by atoms with Gasteiger partial charge in [-0.05, 0) is 22.9 Å². The molecule has 0 aliphatic carbocycles. The van der Waals surface area contributed by atoms with E-state index in [4.69, 9.17) is 14.3 Å². The lowest BCUT2D eigenvalue weighted by Crippen LogP contribution is -2.51. The third-order valence-corrected chi connectivity index (χ3v) is 7.82. The average Bonchev–Trinajstić information content (AvgIpc) is 3.20. The number of nitrogens with one attached hydrogen (secondary N) is 2. The van der Waals surface area contributed by atoms with Gasteiger partial charge in [0.05, 0.1) is 21.4 Å². The van der Waals surface area contributed by atoms with Crippen LogP contribution in [0.3, 0.4) is 0 Å². The van der Waals surface area contributed by atoms with Crippen molar-refractivity contribution < 1.29 is 20.3 Å². The van der Waals surface area contributed by atoms with Crippen molar-refractivity contribution in [2.75, 3.05) is 18.8 Å². The van der Waals surface area contributed by atoms with E-state index in [-0.39, 0.29) is 24.5 Å². The molecule has 0 bridgehead atoms. The summed E-state index contributed by atoms with van der Waals surface area (Å²) in [5.74, 6) is -0.129. The van der Waals surface area contributed by atoms with E-state index in [1.54, 1.807) is 6.07 Å². The maximum absolute atomic E-state index is 13.0. The predicted molar refractivity (Wildman–Crippen MR) is 119 cm³/mol. The van der Waals surface area contributed by atoms with Crippen LogP contribution in [0.15, 0.2) is 40.4 Å². The molecule has 2 aromatic heterocycles. The van der Waals surface area contributed by atoms with Crippen LogP contribution in [0.5, 0.6) is 0 Å². The average molecular weight is 580 g/mol. The Balaban J connectivity index is 0.00000132. The van der Waals surface area contributed by atoms with Crippen LogP contribution in [0.4, 0.5) is 5.69 Å². The molecule has 0 amide bonds. The molecule has 3 heterocycles. The number of H-pyrrole nitrogens is 1. The molecule has 0 radical (unpaired) electrons. The maximum atomic E-state index is 13.0. The molecular formula is C15H17IN8O5S2. The summed E-state index contributed by atoms with van der Waals surface area (Å²) in [5.41, 5.74) is 6.76. The van der Waals surface area contributed by atoms with Crippen LogP contribution in [0.25, 0.3) is 22.5 Å². The van der Waals surface area contributed by atoms with E-state index in [0.717, 1.165) is 23.0 Å². The van der Waals surface area contributed by atoms with E-state index in [9.17, 15) is 16.8 Å². The zero-order chi connectivity index (χ0) is 22.8. The fourth-order valence-electron chi connectivity index (χ4n) is 3.07. The van der Waals surface area contributed by atoms with E-state index >= 15 is 0 Å². The fraction of sp³-hybridized carbons (Fsp3) is 0.200. The van der Waals surface area contributed by atoms with Crippen molar-refractivity contribution in [2.45, 2.75) is 15.0 Å². The Hall–Kier alpha value is -2.25. The van der Waals surface area contributed by atoms with Gasteiger partial charge in [0.2, 0.25) is 15.8 Å². The van der Waals surface area contributed by atoms with Gasteiger partial charge in [-0.3, -0.25) is 4.98 Å². The minimum atomic E-state index is -4.50. The Bertz CT molecular complexity index is 1290. The number of nitrogens with two attached hydrogens (primary N) is 2. The standard InChI is InChI=1S/C15H16N8O4S2.HIO/c16-9-3-8(4-18-5-9)11-1-2-12(28(24,25)10-6-19-7-10)14(29(17,26)27)13(11)15-20-22-23-21-15;1-2/h1-5,10,19H,6-7,16H2,(H2,17,26,27)(H,20,21,22,23);2H. The van der Waals surface area contributed by atoms with E-state index in [2.05, 4.69) is 30.9 Å². The lowest BCUT2D eigenvalue weighted by atomic mass is 10.0. The van der Waals surface area contributed by atoms with Gasteiger partial charge in [-0.15, -0.1) is 10.2 Å². The van der Waals surface area contributed by atoms with Gasteiger partial charge in [0.1, 0.15) is 27.9 Å². The number of benzene rings is 1. The van der Waals surface area contributed by atoms with Crippen LogP contribution < -0.4 is 16.2 Å². The van der Waals surface area contributed by atoms with Gasteiger partial charge in [-0.25, -0.2) is 22.0 Å². The second kappa shape index (κ2) is 9.09. The quantitative estimate of drug-likeness (QED) is 0.236. The third-order valence-electron chi connectivity index (χ3n) is 4.53. The van der Waals surface area contributed by atoms with Crippen molar-refractivity contribution in [3.8, 4) is 22.5 Å². The van der Waals surface area contributed by atoms with Crippen LogP contribution in [0, 0.1) is 0 Å². The summed E-state index contributed by atoms with van der Waals surface area (Å²) in [5, 5.41) is 20.9. The number of halogens is 1. The summed E-state index contributed by atoms with van der Waals surface area (Å²) in [6.07, 6.45) is 2.87. The molecule has 7 N–H and O–H groups in total. The molecular weight excluding hydrogens is 563 g/mol. The van der Waals surface area contributed by atoms with Gasteiger partial charge >= 0.3 is 0 Å². The van der Waals surface area contributed by atoms with Crippen LogP contribution >= 0.6 is 23.0 Å². The maximum Gasteiger partial charge on any atom is 0.240 e. The van der Waals surface area contributed by atoms with Crippen molar-refractivity contribution >= 4 is 48.6 Å². The highest BCUT2D eigenvalue weighted by Crippen LogP contribution is 2.39. The Morgan fingerprint density at radius 1 is 1.13 bits per heavy atom. The number of aromatic nitrogens is 5. The molecule has 1 saturated heterocycles. The molecule has 1 aromatic carbocycles. The van der Waals surface area contributed by atoms with Gasteiger partial charge in [-0.2, -0.15) is 5.21 Å². The summed E-state index contributed by atoms with van der Waals surface area (Å²) in [7, 11) is -8.49. The van der Waals surface area contributed by atoms with Crippen LogP contribution in [-0.4, -0.2) is 64.2 Å². The zero-order valence-corrected chi connectivity index (χ0v) is 19.4. The number of rotatable bonds is 5. The Kier molecular flexibility index (Phi) is 6.86. The number of pyridine rings is 1. The lowest BCUT2D eigenvalue weighted by molar-refractivity contribution is 0.493. The minimum absolute atomic E-state index is 0.0954. The van der Waals surface area contributed by atoms with Crippen molar-refractivity contribution in [2.24, 2.45) is 5.14 Å². The van der Waals surface area contributed by atoms with Gasteiger partial charge < -0.3 is 14.5 Å². The molecule has 1 aliphatic rings. The van der Waals surface area contributed by atoms with Gasteiger partial charge in [-0.1, -0.05) is 6.07 Å². The molecule has 1 aliphatic heterocycles. The number of primary sulfonamides is 1. The highest BCUT2D eigenvalue weighted by atomic mass is 127. The van der Waals surface area contributed by atoms with Crippen molar-refractivity contribution in [3.63, 3.8) is 0 Å². The first kappa shape index (κ1) is 23.4. The number of nitrogens with zero attached hydrogens (tertiary/aromatic N) is 4. The minimum Gasteiger partial charge on any atom is -0.397 e. The summed E-state index contributed by atoms with van der Waals surface area (Å²) in [4.78, 5) is 3.00. The first-order valence-electron chi connectivity index (χ1n) is 8.45. The molecule has 3 aromatic rings. The van der Waals surface area contributed by atoms with Gasteiger partial charge in [0.25, 0.3) is 0 Å². The van der Waals surface area contributed by atoms with E-state index in [1.165, 1.54) is 24.5 Å². The molecule has 16 heteroatoms. The largest absolute Gasteiger partial charge is 0.397 e. The predicted octanol–water partition coefficient (Wildman–Crippen LogP) is -0.767. The first-order chi connectivity index (χ1) is 14.7. The number of nitrogen functional groups attached to an aromatic ring is 1. The van der Waals surface area contributed by atoms with Crippen molar-refractivity contribution in [3.05, 3.63) is 30.6 Å². The topological polar surface area (TPSA) is 220 Å². The summed E-state index contributed by atoms with van der Waals surface area (Å²) < 4.78 is 58.2. The number of aromatic amines is 1. The molecule has 0 saturated carbocycles. The smallest absolute Gasteiger partial charge is 0.240 e. The highest BCUT2D eigenvalue weighted by molar-refractivity contribution is 14.1. The molecule has 0 unspecified atom stereocenters. The van der Waals surface area contributed by atoms with E-state index < -0.39 is 34.9 Å². The van der Waals surface area contributed by atoms with Gasteiger partial charge in [0, 0.05) is 31.0 Å². The molecule has 166 valence electrons. The summed E-state index contributed by atoms with van der Waals surface area (Å²) >= 11 is 1.15. The number of sulfone groups is 1. The fourth-order valence-corrected chi connectivity index (χ4v) is 6.25. The second-order valence-corrected chi connectivity index (χ2v) is 10.1. The second-order valence-electron chi connectivity index (χ2n) is 6.43. The number of hydrogen-bond acceptors (Lipinski definition) is 11. The third kappa shape index (κ3) is 4.53. The number of sulfonamides is 1. The van der Waals surface area contributed by atoms with Crippen molar-refractivity contribution in [1.82, 2.24) is 30.9 Å². The molecule has 31 heavy (non-hydrogen) atoms. The molecule has 13 nitrogen and oxygen atoms in total. The molecule has 0 atom stereocenters. The molecule has 0 spiro atoms. The monoisotopic (exact) mass is 580 g/mol. The zero-order valence-electron chi connectivity index (χ0n) is 15.6. The molecule has 1 fully saturated rings. The van der Waals surface area contributed by atoms with Crippen molar-refractivity contribution in [1.29, 1.82) is 0 Å².